The monoisotopic (exact) mass is 557 g/mol. The average molecular weight is 558 g/mol. The zero-order chi connectivity index (χ0) is 28.0. The highest BCUT2D eigenvalue weighted by Gasteiger charge is 2.59. The number of aliphatic hydroxyl groups is 1. The summed E-state index contributed by atoms with van der Waals surface area (Å²) in [5.74, 6) is 0.289. The molecular weight excluding hydrogens is 530 g/mol. The van der Waals surface area contributed by atoms with Crippen molar-refractivity contribution in [2.45, 2.75) is 12.0 Å². The summed E-state index contributed by atoms with van der Waals surface area (Å²) in [6, 6.07) is 18.2. The first-order chi connectivity index (χ1) is 19.4. The third-order valence-electron chi connectivity index (χ3n) is 8.16. The van der Waals surface area contributed by atoms with E-state index in [1.165, 1.54) is 0 Å². The molecule has 0 saturated carbocycles. The van der Waals surface area contributed by atoms with Gasteiger partial charge in [0.15, 0.2) is 0 Å². The van der Waals surface area contributed by atoms with Crippen molar-refractivity contribution in [2.75, 3.05) is 38.8 Å². The Morgan fingerprint density at radius 2 is 1.88 bits per heavy atom. The first kappa shape index (κ1) is 26.1. The molecule has 2 amide bonds. The Morgan fingerprint density at radius 3 is 2.65 bits per heavy atom. The molecule has 9 heteroatoms. The van der Waals surface area contributed by atoms with Gasteiger partial charge in [-0.15, -0.1) is 0 Å². The van der Waals surface area contributed by atoms with Crippen molar-refractivity contribution in [2.24, 2.45) is 5.92 Å². The highest BCUT2D eigenvalue weighted by atomic mass is 35.5. The van der Waals surface area contributed by atoms with E-state index in [1.807, 2.05) is 36.4 Å². The van der Waals surface area contributed by atoms with E-state index in [1.54, 1.807) is 60.7 Å². The molecule has 204 valence electrons. The second-order valence-corrected chi connectivity index (χ2v) is 10.6. The minimum atomic E-state index is -1.21. The summed E-state index contributed by atoms with van der Waals surface area (Å²) in [5, 5.41) is 12.9. The van der Waals surface area contributed by atoms with E-state index in [-0.39, 0.29) is 38.1 Å². The van der Waals surface area contributed by atoms with Crippen molar-refractivity contribution in [3.63, 3.8) is 0 Å². The molecule has 0 bridgehead atoms. The fourth-order valence-electron chi connectivity index (χ4n) is 6.16. The Labute approximate surface area is 236 Å². The number of benzene rings is 3. The normalized spacial score (nSPS) is 20.4. The number of hydrogen-bond donors (Lipinski definition) is 1. The number of rotatable bonds is 6. The van der Waals surface area contributed by atoms with E-state index in [9.17, 15) is 14.7 Å². The van der Waals surface area contributed by atoms with Crippen LogP contribution in [-0.4, -0.2) is 60.7 Å². The van der Waals surface area contributed by atoms with Gasteiger partial charge in [0.1, 0.15) is 11.5 Å². The average Bonchev–Trinajstić information content (AvgIpc) is 3.26. The summed E-state index contributed by atoms with van der Waals surface area (Å²) in [5.41, 5.74) is 1.17. The summed E-state index contributed by atoms with van der Waals surface area (Å²) in [6.45, 7) is 0.301. The van der Waals surface area contributed by atoms with Crippen LogP contribution in [0.5, 0.6) is 11.5 Å². The Hall–Kier alpha value is -4.14. The second-order valence-electron chi connectivity index (χ2n) is 10.2. The summed E-state index contributed by atoms with van der Waals surface area (Å²) >= 11 is 6.44. The molecule has 3 heterocycles. The number of aromatic nitrogens is 1. The van der Waals surface area contributed by atoms with Crippen LogP contribution in [0.4, 0.5) is 5.69 Å². The maximum absolute atomic E-state index is 14.6. The number of ether oxygens (including phenoxy) is 2. The number of nitrogens with zero attached hydrogens (tertiary/aromatic N) is 3. The molecule has 0 aliphatic carbocycles. The molecular formula is C31H28ClN3O5. The van der Waals surface area contributed by atoms with Crippen molar-refractivity contribution in [1.82, 2.24) is 9.88 Å². The number of methoxy groups -OCH3 is 2. The maximum atomic E-state index is 14.6. The molecule has 2 atom stereocenters. The van der Waals surface area contributed by atoms with Crippen molar-refractivity contribution < 1.29 is 24.2 Å². The minimum absolute atomic E-state index is 0.0765. The molecule has 0 unspecified atom stereocenters. The van der Waals surface area contributed by atoms with Crippen molar-refractivity contribution >= 4 is 39.9 Å². The summed E-state index contributed by atoms with van der Waals surface area (Å²) in [7, 11) is 3.14. The number of aliphatic hydroxyl groups excluding tert-OH is 1. The van der Waals surface area contributed by atoms with E-state index < -0.39 is 11.3 Å². The Morgan fingerprint density at radius 1 is 1.05 bits per heavy atom. The lowest BCUT2D eigenvalue weighted by atomic mass is 9.68. The van der Waals surface area contributed by atoms with Gasteiger partial charge in [0.05, 0.1) is 31.5 Å². The quantitative estimate of drug-likeness (QED) is 0.376. The SMILES string of the molecule is COc1ccc(CN2C[C@]3(C(=O)N(c4cncc5ccccc45)C[C@@H]3CO)c3cc(Cl)ccc3C2=O)c(OC)c1. The van der Waals surface area contributed by atoms with Crippen LogP contribution in [-0.2, 0) is 16.8 Å². The van der Waals surface area contributed by atoms with E-state index in [0.717, 1.165) is 16.3 Å². The van der Waals surface area contributed by atoms with Crippen molar-refractivity contribution in [3.8, 4) is 11.5 Å². The van der Waals surface area contributed by atoms with Gasteiger partial charge in [0.25, 0.3) is 5.91 Å². The highest BCUT2D eigenvalue weighted by molar-refractivity contribution is 6.31. The molecule has 8 nitrogen and oxygen atoms in total. The van der Waals surface area contributed by atoms with Gasteiger partial charge in [-0.25, -0.2) is 0 Å². The molecule has 1 N–H and O–H groups in total. The number of pyridine rings is 1. The second kappa shape index (κ2) is 10.1. The molecule has 40 heavy (non-hydrogen) atoms. The smallest absolute Gasteiger partial charge is 0.254 e. The number of carbonyl (C=O) groups excluding carboxylic acids is 2. The summed E-state index contributed by atoms with van der Waals surface area (Å²) in [4.78, 5) is 36.2. The molecule has 2 aliphatic heterocycles. The van der Waals surface area contributed by atoms with Crippen LogP contribution in [0.1, 0.15) is 21.5 Å². The van der Waals surface area contributed by atoms with Gasteiger partial charge in [-0.05, 0) is 35.9 Å². The van der Waals surface area contributed by atoms with Crippen LogP contribution in [0.15, 0.2) is 73.1 Å². The summed E-state index contributed by atoms with van der Waals surface area (Å²) < 4.78 is 10.9. The number of amides is 2. The van der Waals surface area contributed by atoms with Crippen LogP contribution in [0.25, 0.3) is 10.8 Å². The number of hydrogen-bond acceptors (Lipinski definition) is 6. The predicted molar refractivity (Wildman–Crippen MR) is 152 cm³/mol. The first-order valence-electron chi connectivity index (χ1n) is 13.0. The van der Waals surface area contributed by atoms with Gasteiger partial charge in [0.2, 0.25) is 5.91 Å². The molecule has 1 saturated heterocycles. The maximum Gasteiger partial charge on any atom is 0.254 e. The Kier molecular flexibility index (Phi) is 6.60. The number of fused-ring (bicyclic) bond motifs is 3. The predicted octanol–water partition coefficient (Wildman–Crippen LogP) is 4.45. The minimum Gasteiger partial charge on any atom is -0.497 e. The first-order valence-corrected chi connectivity index (χ1v) is 13.3. The van der Waals surface area contributed by atoms with Crippen LogP contribution < -0.4 is 14.4 Å². The van der Waals surface area contributed by atoms with E-state index in [0.29, 0.717) is 33.3 Å². The largest absolute Gasteiger partial charge is 0.497 e. The Balaban J connectivity index is 1.48. The number of carbonyl (C=O) groups is 2. The van der Waals surface area contributed by atoms with Crippen molar-refractivity contribution in [1.29, 1.82) is 0 Å². The topological polar surface area (TPSA) is 92.2 Å². The zero-order valence-electron chi connectivity index (χ0n) is 22.1. The Bertz CT molecular complexity index is 1640. The van der Waals surface area contributed by atoms with E-state index >= 15 is 0 Å². The van der Waals surface area contributed by atoms with Gasteiger partial charge in [-0.3, -0.25) is 14.6 Å². The van der Waals surface area contributed by atoms with Crippen LogP contribution in [0.3, 0.4) is 0 Å². The lowest BCUT2D eigenvalue weighted by Gasteiger charge is -2.43. The van der Waals surface area contributed by atoms with Crippen LogP contribution in [0.2, 0.25) is 5.02 Å². The van der Waals surface area contributed by atoms with Gasteiger partial charge >= 0.3 is 0 Å². The number of anilines is 1. The van der Waals surface area contributed by atoms with Crippen molar-refractivity contribution in [3.05, 3.63) is 94.8 Å². The molecule has 0 radical (unpaired) electrons. The molecule has 1 aromatic heterocycles. The lowest BCUT2D eigenvalue weighted by Crippen LogP contribution is -2.56. The summed E-state index contributed by atoms with van der Waals surface area (Å²) in [6.07, 6.45) is 3.44. The fourth-order valence-corrected chi connectivity index (χ4v) is 6.33. The molecule has 4 aromatic rings. The molecule has 6 rings (SSSR count). The van der Waals surface area contributed by atoms with Gasteiger partial charge in [0, 0.05) is 71.3 Å². The van der Waals surface area contributed by atoms with E-state index in [2.05, 4.69) is 4.98 Å². The van der Waals surface area contributed by atoms with Gasteiger partial charge < -0.3 is 24.4 Å². The molecule has 3 aromatic carbocycles. The zero-order valence-corrected chi connectivity index (χ0v) is 22.9. The molecule has 2 aliphatic rings. The fraction of sp³-hybridized carbons (Fsp3) is 0.258. The van der Waals surface area contributed by atoms with E-state index in [4.69, 9.17) is 21.1 Å². The standard InChI is InChI=1S/C31H28ClN3O5/c1-39-23-9-7-20(28(12-23)40-2)15-34-18-31(26-11-22(32)8-10-25(26)29(34)37)21(17-36)16-35(30(31)38)27-14-33-13-19-5-3-4-6-24(19)27/h3-14,21,36H,15-18H2,1-2H3/t21-,31-/m1/s1. The third kappa shape index (κ3) is 3.98. The van der Waals surface area contributed by atoms with Gasteiger partial charge in [-0.2, -0.15) is 0 Å². The lowest BCUT2D eigenvalue weighted by molar-refractivity contribution is -0.124. The number of halogens is 1. The van der Waals surface area contributed by atoms with Crippen LogP contribution >= 0.6 is 11.6 Å². The third-order valence-corrected chi connectivity index (χ3v) is 8.40. The highest BCUT2D eigenvalue weighted by Crippen LogP contribution is 2.48. The van der Waals surface area contributed by atoms with Gasteiger partial charge in [-0.1, -0.05) is 35.9 Å². The molecule has 1 fully saturated rings. The van der Waals surface area contributed by atoms with Crippen LogP contribution in [0, 0.1) is 5.92 Å². The molecule has 1 spiro atoms.